The summed E-state index contributed by atoms with van der Waals surface area (Å²) >= 11 is 0. The quantitative estimate of drug-likeness (QED) is 0.636. The average molecular weight is 270 g/mol. The maximum absolute atomic E-state index is 10.7. The molecule has 0 spiro atoms. The van der Waals surface area contributed by atoms with E-state index in [0.717, 1.165) is 11.3 Å². The van der Waals surface area contributed by atoms with Gasteiger partial charge in [0.15, 0.2) is 0 Å². The number of hydrogen-bond acceptors (Lipinski definition) is 2. The van der Waals surface area contributed by atoms with Crippen molar-refractivity contribution in [3.63, 3.8) is 0 Å². The van der Waals surface area contributed by atoms with Crippen molar-refractivity contribution in [3.8, 4) is 0 Å². The molecule has 0 fully saturated rings. The first-order chi connectivity index (χ1) is 8.24. The predicted molar refractivity (Wildman–Crippen MR) is 76.1 cm³/mol. The highest BCUT2D eigenvalue weighted by molar-refractivity contribution is 7.85. The van der Waals surface area contributed by atoms with Crippen LogP contribution in [0.15, 0.2) is 30.8 Å². The topological polar surface area (TPSA) is 54.4 Å². The molecule has 18 heavy (non-hydrogen) atoms. The van der Waals surface area contributed by atoms with Crippen molar-refractivity contribution >= 4 is 21.9 Å². The largest absolute Gasteiger partial charge is 0.296 e. The van der Waals surface area contributed by atoms with Gasteiger partial charge in [-0.1, -0.05) is 12.7 Å². The van der Waals surface area contributed by atoms with E-state index >= 15 is 0 Å². The standard InChI is InChI=1S/C13H19NO3S/c1-4-12-6-8-13(9-7-12)14(2,3)10-5-11-18(15,16)17/h4,6-9H,1,5,10-11H2,2-3H3/p+1. The second-order valence-electron chi connectivity index (χ2n) is 4.84. The van der Waals surface area contributed by atoms with Crippen LogP contribution in [0, 0.1) is 0 Å². The van der Waals surface area contributed by atoms with E-state index in [4.69, 9.17) is 4.55 Å². The Bertz CT molecular complexity index is 504. The summed E-state index contributed by atoms with van der Waals surface area (Å²) in [5.74, 6) is -0.195. The fraction of sp³-hybridized carbons (Fsp3) is 0.385. The SMILES string of the molecule is C=Cc1ccc([N+](C)(C)CCCS(=O)(=O)O)cc1. The Kier molecular flexibility index (Phi) is 4.67. The molecule has 1 N–H and O–H groups in total. The van der Waals surface area contributed by atoms with Crippen molar-refractivity contribution in [1.82, 2.24) is 4.48 Å². The van der Waals surface area contributed by atoms with Crippen LogP contribution >= 0.6 is 0 Å². The van der Waals surface area contributed by atoms with E-state index in [2.05, 4.69) is 6.58 Å². The molecule has 0 saturated carbocycles. The van der Waals surface area contributed by atoms with E-state index in [1.165, 1.54) is 0 Å². The maximum atomic E-state index is 10.7. The molecule has 0 atom stereocenters. The minimum Gasteiger partial charge on any atom is -0.296 e. The van der Waals surface area contributed by atoms with Gasteiger partial charge in [0.25, 0.3) is 10.1 Å². The molecule has 0 aromatic heterocycles. The summed E-state index contributed by atoms with van der Waals surface area (Å²) in [6, 6.07) is 7.96. The zero-order chi connectivity index (χ0) is 13.8. The van der Waals surface area contributed by atoms with Gasteiger partial charge in [-0.15, -0.1) is 0 Å². The molecule has 1 aromatic rings. The Morgan fingerprint density at radius 3 is 2.28 bits per heavy atom. The second-order valence-corrected chi connectivity index (χ2v) is 6.42. The Balaban J connectivity index is 2.69. The van der Waals surface area contributed by atoms with E-state index in [9.17, 15) is 8.42 Å². The molecule has 0 bridgehead atoms. The lowest BCUT2D eigenvalue weighted by atomic mass is 10.2. The minimum atomic E-state index is -3.86. The molecule has 0 aliphatic carbocycles. The molecule has 0 amide bonds. The van der Waals surface area contributed by atoms with Gasteiger partial charge in [-0.05, 0) is 29.8 Å². The lowest BCUT2D eigenvalue weighted by molar-refractivity contribution is 0.394. The molecule has 5 heteroatoms. The first kappa shape index (κ1) is 14.9. The van der Waals surface area contributed by atoms with E-state index in [0.29, 0.717) is 17.4 Å². The van der Waals surface area contributed by atoms with Crippen molar-refractivity contribution in [1.29, 1.82) is 0 Å². The van der Waals surface area contributed by atoms with Gasteiger partial charge in [0.1, 0.15) is 5.69 Å². The summed E-state index contributed by atoms with van der Waals surface area (Å²) in [6.07, 6.45) is 2.21. The van der Waals surface area contributed by atoms with Crippen LogP contribution in [0.3, 0.4) is 0 Å². The fourth-order valence-electron chi connectivity index (χ4n) is 1.79. The van der Waals surface area contributed by atoms with Crippen LogP contribution in [0.4, 0.5) is 5.69 Å². The van der Waals surface area contributed by atoms with Gasteiger partial charge in [0.2, 0.25) is 0 Å². The molecule has 1 aromatic carbocycles. The summed E-state index contributed by atoms with van der Waals surface area (Å²) < 4.78 is 30.6. The van der Waals surface area contributed by atoms with Crippen molar-refractivity contribution in [2.24, 2.45) is 0 Å². The summed E-state index contributed by atoms with van der Waals surface area (Å²) in [4.78, 5) is 0. The van der Waals surface area contributed by atoms with Crippen molar-refractivity contribution < 1.29 is 13.0 Å². The lowest BCUT2D eigenvalue weighted by Crippen LogP contribution is -2.41. The maximum Gasteiger partial charge on any atom is 0.265 e. The Morgan fingerprint density at radius 1 is 1.28 bits per heavy atom. The van der Waals surface area contributed by atoms with Crippen LogP contribution in [0.2, 0.25) is 0 Å². The Hall–Kier alpha value is -1.17. The highest BCUT2D eigenvalue weighted by Gasteiger charge is 2.19. The van der Waals surface area contributed by atoms with Gasteiger partial charge >= 0.3 is 0 Å². The third kappa shape index (κ3) is 4.60. The normalized spacial score (nSPS) is 12.4. The van der Waals surface area contributed by atoms with E-state index in [-0.39, 0.29) is 5.75 Å². The first-order valence-corrected chi connectivity index (χ1v) is 7.37. The van der Waals surface area contributed by atoms with Crippen LogP contribution in [0.5, 0.6) is 0 Å². The molecular formula is C13H20NO3S+. The fourth-order valence-corrected chi connectivity index (χ4v) is 2.28. The highest BCUT2D eigenvalue weighted by Crippen LogP contribution is 2.20. The van der Waals surface area contributed by atoms with E-state index in [1.54, 1.807) is 6.08 Å². The van der Waals surface area contributed by atoms with Crippen molar-refractivity contribution in [2.45, 2.75) is 6.42 Å². The van der Waals surface area contributed by atoms with Crippen LogP contribution in [0.25, 0.3) is 6.08 Å². The van der Waals surface area contributed by atoms with Crippen molar-refractivity contribution in [2.75, 3.05) is 26.4 Å². The second kappa shape index (κ2) is 5.65. The third-order valence-corrected chi connectivity index (χ3v) is 3.75. The summed E-state index contributed by atoms with van der Waals surface area (Å²) in [7, 11) is 0.151. The number of rotatable bonds is 6. The van der Waals surface area contributed by atoms with Crippen LogP contribution < -0.4 is 4.48 Å². The molecule has 4 nitrogen and oxygen atoms in total. The molecule has 0 heterocycles. The number of nitrogens with zero attached hydrogens (tertiary/aromatic N) is 1. The smallest absolute Gasteiger partial charge is 0.265 e. The first-order valence-electron chi connectivity index (χ1n) is 5.76. The van der Waals surface area contributed by atoms with Gasteiger partial charge in [0.05, 0.1) is 26.4 Å². The van der Waals surface area contributed by atoms with Gasteiger partial charge in [-0.3, -0.25) is 9.04 Å². The Morgan fingerprint density at radius 2 is 1.83 bits per heavy atom. The molecule has 1 rings (SSSR count). The zero-order valence-electron chi connectivity index (χ0n) is 10.8. The van der Waals surface area contributed by atoms with Gasteiger partial charge in [-0.25, -0.2) is 0 Å². The molecular weight excluding hydrogens is 250 g/mol. The lowest BCUT2D eigenvalue weighted by Gasteiger charge is -2.29. The third-order valence-electron chi connectivity index (χ3n) is 2.95. The van der Waals surface area contributed by atoms with Crippen molar-refractivity contribution in [3.05, 3.63) is 36.4 Å². The molecule has 0 aliphatic rings. The molecule has 100 valence electrons. The van der Waals surface area contributed by atoms with Gasteiger partial charge in [-0.2, -0.15) is 8.42 Å². The van der Waals surface area contributed by atoms with Gasteiger partial charge < -0.3 is 0 Å². The summed E-state index contributed by atoms with van der Waals surface area (Å²) in [5, 5.41) is 0. The van der Waals surface area contributed by atoms with Crippen LogP contribution in [-0.4, -0.2) is 39.4 Å². The number of quaternary nitrogens is 1. The molecule has 0 radical (unpaired) electrons. The van der Waals surface area contributed by atoms with E-state index in [1.807, 2.05) is 38.4 Å². The minimum absolute atomic E-state index is 0.195. The Labute approximate surface area is 109 Å². The van der Waals surface area contributed by atoms with E-state index < -0.39 is 10.1 Å². The average Bonchev–Trinajstić information content (AvgIpc) is 2.27. The zero-order valence-corrected chi connectivity index (χ0v) is 11.7. The predicted octanol–water partition coefficient (Wildman–Crippen LogP) is 2.17. The molecule has 0 unspecified atom stereocenters. The van der Waals surface area contributed by atoms with Gasteiger partial charge in [0, 0.05) is 6.42 Å². The molecule has 0 saturated heterocycles. The van der Waals surface area contributed by atoms with Crippen LogP contribution in [0.1, 0.15) is 12.0 Å². The number of hydrogen-bond donors (Lipinski definition) is 1. The monoisotopic (exact) mass is 270 g/mol. The number of benzene rings is 1. The van der Waals surface area contributed by atoms with Crippen LogP contribution in [-0.2, 0) is 10.1 Å². The summed E-state index contributed by atoms with van der Waals surface area (Å²) in [6.45, 7) is 4.35. The summed E-state index contributed by atoms with van der Waals surface area (Å²) in [5.41, 5.74) is 2.15. The molecule has 0 aliphatic heterocycles. The highest BCUT2D eigenvalue weighted by atomic mass is 32.2.